The zero-order chi connectivity index (χ0) is 22.9. The largest absolute Gasteiger partial charge is 0.421 e. The van der Waals surface area contributed by atoms with Crippen molar-refractivity contribution in [2.45, 2.75) is 20.4 Å². The number of hydrogen-bond donors (Lipinski definition) is 0. The van der Waals surface area contributed by atoms with Crippen LogP contribution in [0.2, 0.25) is 0 Å². The summed E-state index contributed by atoms with van der Waals surface area (Å²) in [6.45, 7) is 6.47. The molecule has 0 atom stereocenters. The standard InChI is InChI=1S/C25H25N5O3/c1-17(31)19-5-7-22(8-6-19)28-11-13-29(14-12-28)24(32)16-30-10-9-20-3-4-21(15-23(20)30)25-27-26-18(2)33-25/h3-10,15H,11-14,16H2,1-2H3. The van der Waals surface area contributed by atoms with Gasteiger partial charge in [0, 0.05) is 61.6 Å². The average Bonchev–Trinajstić information content (AvgIpc) is 3.45. The molecule has 8 heteroatoms. The van der Waals surface area contributed by atoms with E-state index in [2.05, 4.69) is 15.1 Å². The number of Topliss-reactive ketones (excluding diaryl/α,β-unsaturated/α-hetero) is 1. The zero-order valence-electron chi connectivity index (χ0n) is 18.7. The molecular formula is C25H25N5O3. The molecule has 3 heterocycles. The normalized spacial score (nSPS) is 14.1. The maximum Gasteiger partial charge on any atom is 0.247 e. The van der Waals surface area contributed by atoms with Gasteiger partial charge in [0.2, 0.25) is 17.7 Å². The summed E-state index contributed by atoms with van der Waals surface area (Å²) in [5.74, 6) is 1.15. The second-order valence-electron chi connectivity index (χ2n) is 8.31. The number of ketones is 1. The van der Waals surface area contributed by atoms with E-state index in [4.69, 9.17) is 4.42 Å². The Hall–Kier alpha value is -3.94. The molecule has 1 amide bonds. The molecule has 0 bridgehead atoms. The Labute approximate surface area is 191 Å². The molecule has 168 valence electrons. The lowest BCUT2D eigenvalue weighted by Gasteiger charge is -2.36. The number of anilines is 1. The van der Waals surface area contributed by atoms with Gasteiger partial charge < -0.3 is 18.8 Å². The van der Waals surface area contributed by atoms with E-state index in [-0.39, 0.29) is 18.2 Å². The van der Waals surface area contributed by atoms with Crippen LogP contribution in [0.5, 0.6) is 0 Å². The van der Waals surface area contributed by atoms with Gasteiger partial charge in [-0.05, 0) is 54.8 Å². The monoisotopic (exact) mass is 443 g/mol. The number of amides is 1. The van der Waals surface area contributed by atoms with Gasteiger partial charge in [0.15, 0.2) is 5.78 Å². The lowest BCUT2D eigenvalue weighted by atomic mass is 10.1. The summed E-state index contributed by atoms with van der Waals surface area (Å²) in [6, 6.07) is 15.6. The van der Waals surface area contributed by atoms with Crippen LogP contribution in [0.3, 0.4) is 0 Å². The number of rotatable bonds is 5. The highest BCUT2D eigenvalue weighted by Crippen LogP contribution is 2.25. The van der Waals surface area contributed by atoms with Gasteiger partial charge in [0.1, 0.15) is 6.54 Å². The van der Waals surface area contributed by atoms with E-state index in [1.807, 2.05) is 64.2 Å². The van der Waals surface area contributed by atoms with Crippen molar-refractivity contribution in [3.63, 3.8) is 0 Å². The number of carbonyl (C=O) groups excluding carboxylic acids is 2. The summed E-state index contributed by atoms with van der Waals surface area (Å²) in [6.07, 6.45) is 1.94. The third kappa shape index (κ3) is 4.24. The maximum absolute atomic E-state index is 13.0. The Balaban J connectivity index is 1.25. The molecule has 0 N–H and O–H groups in total. The van der Waals surface area contributed by atoms with E-state index < -0.39 is 0 Å². The Morgan fingerprint density at radius 3 is 2.39 bits per heavy atom. The Morgan fingerprint density at radius 2 is 1.73 bits per heavy atom. The molecule has 1 fully saturated rings. The van der Waals surface area contributed by atoms with Crippen LogP contribution in [-0.2, 0) is 11.3 Å². The first kappa shape index (κ1) is 20.9. The summed E-state index contributed by atoms with van der Waals surface area (Å²) in [5, 5.41) is 9.05. The van der Waals surface area contributed by atoms with Crippen LogP contribution in [-0.4, -0.2) is 57.5 Å². The molecule has 8 nitrogen and oxygen atoms in total. The van der Waals surface area contributed by atoms with E-state index in [0.717, 1.165) is 35.2 Å². The van der Waals surface area contributed by atoms with Crippen LogP contribution < -0.4 is 4.90 Å². The third-order valence-corrected chi connectivity index (χ3v) is 6.12. The summed E-state index contributed by atoms with van der Waals surface area (Å²) >= 11 is 0. The van der Waals surface area contributed by atoms with Crippen LogP contribution in [0, 0.1) is 6.92 Å². The molecule has 0 radical (unpaired) electrons. The number of benzene rings is 2. The van der Waals surface area contributed by atoms with E-state index in [9.17, 15) is 9.59 Å². The van der Waals surface area contributed by atoms with E-state index in [0.29, 0.717) is 30.4 Å². The molecule has 2 aromatic carbocycles. The van der Waals surface area contributed by atoms with Crippen molar-refractivity contribution >= 4 is 28.3 Å². The van der Waals surface area contributed by atoms with Crippen LogP contribution in [0.25, 0.3) is 22.4 Å². The van der Waals surface area contributed by atoms with Crippen molar-refractivity contribution in [2.75, 3.05) is 31.1 Å². The summed E-state index contributed by atoms with van der Waals surface area (Å²) in [4.78, 5) is 28.7. The highest BCUT2D eigenvalue weighted by Gasteiger charge is 2.22. The van der Waals surface area contributed by atoms with Crippen LogP contribution in [0.1, 0.15) is 23.2 Å². The third-order valence-electron chi connectivity index (χ3n) is 6.12. The molecule has 0 aliphatic carbocycles. The Bertz CT molecular complexity index is 1310. The highest BCUT2D eigenvalue weighted by atomic mass is 16.4. The number of aryl methyl sites for hydroxylation is 1. The molecule has 0 spiro atoms. The second-order valence-corrected chi connectivity index (χ2v) is 8.31. The first-order valence-electron chi connectivity index (χ1n) is 11.0. The van der Waals surface area contributed by atoms with Crippen molar-refractivity contribution in [1.82, 2.24) is 19.7 Å². The lowest BCUT2D eigenvalue weighted by Crippen LogP contribution is -2.49. The first-order valence-corrected chi connectivity index (χ1v) is 11.0. The smallest absolute Gasteiger partial charge is 0.247 e. The van der Waals surface area contributed by atoms with Crippen molar-refractivity contribution in [3.8, 4) is 11.5 Å². The van der Waals surface area contributed by atoms with Gasteiger partial charge in [-0.15, -0.1) is 10.2 Å². The number of carbonyl (C=O) groups is 2. The quantitative estimate of drug-likeness (QED) is 0.439. The Morgan fingerprint density at radius 1 is 0.970 bits per heavy atom. The van der Waals surface area contributed by atoms with Gasteiger partial charge in [-0.3, -0.25) is 9.59 Å². The molecule has 1 aliphatic rings. The second kappa shape index (κ2) is 8.54. The minimum Gasteiger partial charge on any atom is -0.421 e. The Kier molecular flexibility index (Phi) is 5.42. The van der Waals surface area contributed by atoms with Crippen LogP contribution >= 0.6 is 0 Å². The fraction of sp³-hybridized carbons (Fsp3) is 0.280. The zero-order valence-corrected chi connectivity index (χ0v) is 18.7. The van der Waals surface area contributed by atoms with Crippen LogP contribution in [0.15, 0.2) is 59.1 Å². The predicted octanol–water partition coefficient (Wildman–Crippen LogP) is 3.55. The number of piperazine rings is 1. The summed E-state index contributed by atoms with van der Waals surface area (Å²) < 4.78 is 7.52. The lowest BCUT2D eigenvalue weighted by molar-refractivity contribution is -0.132. The topological polar surface area (TPSA) is 84.5 Å². The first-order chi connectivity index (χ1) is 16.0. The molecule has 1 saturated heterocycles. The molecule has 4 aromatic rings. The van der Waals surface area contributed by atoms with E-state index in [1.54, 1.807) is 13.8 Å². The molecule has 5 rings (SSSR count). The van der Waals surface area contributed by atoms with Crippen LogP contribution in [0.4, 0.5) is 5.69 Å². The number of hydrogen-bond acceptors (Lipinski definition) is 6. The molecule has 0 saturated carbocycles. The van der Waals surface area contributed by atoms with Gasteiger partial charge in [-0.25, -0.2) is 0 Å². The van der Waals surface area contributed by atoms with Crippen molar-refractivity contribution in [2.24, 2.45) is 0 Å². The van der Waals surface area contributed by atoms with E-state index in [1.165, 1.54) is 0 Å². The maximum atomic E-state index is 13.0. The number of nitrogens with zero attached hydrogens (tertiary/aromatic N) is 5. The van der Waals surface area contributed by atoms with E-state index >= 15 is 0 Å². The van der Waals surface area contributed by atoms with Crippen molar-refractivity contribution in [1.29, 1.82) is 0 Å². The van der Waals surface area contributed by atoms with Gasteiger partial charge >= 0.3 is 0 Å². The average molecular weight is 444 g/mol. The van der Waals surface area contributed by atoms with Crippen molar-refractivity contribution < 1.29 is 14.0 Å². The SMILES string of the molecule is CC(=O)c1ccc(N2CCN(C(=O)Cn3ccc4ccc(-c5nnc(C)o5)cc43)CC2)cc1. The van der Waals surface area contributed by atoms with Crippen molar-refractivity contribution in [3.05, 3.63) is 66.2 Å². The van der Waals surface area contributed by atoms with Gasteiger partial charge in [0.05, 0.1) is 0 Å². The fourth-order valence-corrected chi connectivity index (χ4v) is 4.23. The molecule has 2 aromatic heterocycles. The summed E-state index contributed by atoms with van der Waals surface area (Å²) in [7, 11) is 0. The minimum absolute atomic E-state index is 0.0637. The molecule has 1 aliphatic heterocycles. The van der Waals surface area contributed by atoms with Gasteiger partial charge in [-0.1, -0.05) is 6.07 Å². The molecule has 0 unspecified atom stereocenters. The molecule has 33 heavy (non-hydrogen) atoms. The van der Waals surface area contributed by atoms with Gasteiger partial charge in [-0.2, -0.15) is 0 Å². The predicted molar refractivity (Wildman–Crippen MR) is 125 cm³/mol. The number of fused-ring (bicyclic) bond motifs is 1. The minimum atomic E-state index is 0.0637. The number of aromatic nitrogens is 3. The summed E-state index contributed by atoms with van der Waals surface area (Å²) in [5.41, 5.74) is 3.58. The fourth-order valence-electron chi connectivity index (χ4n) is 4.23. The molecular weight excluding hydrogens is 418 g/mol. The highest BCUT2D eigenvalue weighted by molar-refractivity contribution is 5.94. The van der Waals surface area contributed by atoms with Gasteiger partial charge in [0.25, 0.3) is 0 Å².